The van der Waals surface area contributed by atoms with Gasteiger partial charge < -0.3 is 10.6 Å². The molecule has 0 radical (unpaired) electrons. The van der Waals surface area contributed by atoms with Crippen LogP contribution in [0.25, 0.3) is 0 Å². The number of alkyl halides is 2. The second kappa shape index (κ2) is 9.30. The SMILES string of the molecule is O=C(Nc1ccc(F)cc1)c1cc(NC(=O)[C@H]2[C@H](c3ccc(F)c(Cl)c3)C2(Cl)Cl)cc(Cl)c1F. The summed E-state index contributed by atoms with van der Waals surface area (Å²) in [5, 5.41) is 4.38. The van der Waals surface area contributed by atoms with Gasteiger partial charge in [-0.05, 0) is 54.1 Å². The number of benzene rings is 3. The predicted octanol–water partition coefficient (Wildman–Crippen LogP) is 7.19. The van der Waals surface area contributed by atoms with Crippen LogP contribution in [0, 0.1) is 23.4 Å². The summed E-state index contributed by atoms with van der Waals surface area (Å²) in [6, 6.07) is 11.0. The molecule has 3 aromatic carbocycles. The Morgan fingerprint density at radius 2 is 1.50 bits per heavy atom. The molecule has 0 aromatic heterocycles. The van der Waals surface area contributed by atoms with E-state index in [1.54, 1.807) is 0 Å². The smallest absolute Gasteiger partial charge is 0.258 e. The number of halogens is 7. The maximum atomic E-state index is 14.5. The number of nitrogens with one attached hydrogen (secondary N) is 2. The summed E-state index contributed by atoms with van der Waals surface area (Å²) in [7, 11) is 0. The fraction of sp³-hybridized carbons (Fsp3) is 0.130. The van der Waals surface area contributed by atoms with Gasteiger partial charge in [0.2, 0.25) is 5.91 Å². The van der Waals surface area contributed by atoms with Crippen LogP contribution in [-0.4, -0.2) is 16.1 Å². The number of carbonyl (C=O) groups excluding carboxylic acids is 2. The summed E-state index contributed by atoms with van der Waals surface area (Å²) < 4.78 is 39.6. The average molecular weight is 548 g/mol. The average Bonchev–Trinajstić information content (AvgIpc) is 3.36. The van der Waals surface area contributed by atoms with E-state index in [-0.39, 0.29) is 16.4 Å². The fourth-order valence-corrected chi connectivity index (χ4v) is 4.79. The third kappa shape index (κ3) is 4.84. The van der Waals surface area contributed by atoms with Gasteiger partial charge in [0, 0.05) is 17.3 Å². The van der Waals surface area contributed by atoms with Gasteiger partial charge >= 0.3 is 0 Å². The molecule has 1 aliphatic carbocycles. The lowest BCUT2D eigenvalue weighted by molar-refractivity contribution is -0.117. The van der Waals surface area contributed by atoms with Crippen molar-refractivity contribution in [3.8, 4) is 0 Å². The zero-order chi connectivity index (χ0) is 24.8. The highest BCUT2D eigenvalue weighted by molar-refractivity contribution is 6.53. The van der Waals surface area contributed by atoms with Gasteiger partial charge in [-0.15, -0.1) is 23.2 Å². The minimum Gasteiger partial charge on any atom is -0.326 e. The zero-order valence-corrected chi connectivity index (χ0v) is 19.8. The van der Waals surface area contributed by atoms with Crippen LogP contribution in [0.15, 0.2) is 54.6 Å². The maximum absolute atomic E-state index is 14.5. The minimum absolute atomic E-state index is 0.0209. The minimum atomic E-state index is -1.49. The normalized spacial score (nSPS) is 18.3. The monoisotopic (exact) mass is 546 g/mol. The number of carbonyl (C=O) groups is 2. The number of hydrogen-bond acceptors (Lipinski definition) is 2. The van der Waals surface area contributed by atoms with E-state index in [1.165, 1.54) is 24.3 Å². The molecule has 1 saturated carbocycles. The van der Waals surface area contributed by atoms with Crippen LogP contribution in [0.5, 0.6) is 0 Å². The lowest BCUT2D eigenvalue weighted by Crippen LogP contribution is -2.19. The van der Waals surface area contributed by atoms with Crippen molar-refractivity contribution in [1.82, 2.24) is 0 Å². The highest BCUT2D eigenvalue weighted by atomic mass is 35.5. The lowest BCUT2D eigenvalue weighted by atomic mass is 10.1. The van der Waals surface area contributed by atoms with E-state index in [0.717, 1.165) is 30.3 Å². The maximum Gasteiger partial charge on any atom is 0.258 e. The summed E-state index contributed by atoms with van der Waals surface area (Å²) in [5.74, 6) is -5.24. The second-order valence-electron chi connectivity index (χ2n) is 7.57. The van der Waals surface area contributed by atoms with Crippen LogP contribution in [0.2, 0.25) is 10.0 Å². The molecule has 3 aromatic rings. The Kier molecular flexibility index (Phi) is 6.75. The Balaban J connectivity index is 1.54. The first-order valence-electron chi connectivity index (χ1n) is 9.68. The number of hydrogen-bond donors (Lipinski definition) is 2. The molecule has 11 heteroatoms. The molecule has 0 spiro atoms. The first kappa shape index (κ1) is 24.7. The molecule has 176 valence electrons. The van der Waals surface area contributed by atoms with Crippen molar-refractivity contribution < 1.29 is 22.8 Å². The molecule has 0 unspecified atom stereocenters. The topological polar surface area (TPSA) is 58.2 Å². The van der Waals surface area contributed by atoms with Crippen LogP contribution in [0.1, 0.15) is 21.8 Å². The highest BCUT2D eigenvalue weighted by Gasteiger charge is 2.67. The van der Waals surface area contributed by atoms with Gasteiger partial charge in [-0.1, -0.05) is 29.3 Å². The summed E-state index contributed by atoms with van der Waals surface area (Å²) in [5.41, 5.74) is 0.262. The zero-order valence-electron chi connectivity index (χ0n) is 16.8. The molecule has 1 aliphatic rings. The molecule has 0 heterocycles. The molecule has 0 aliphatic heterocycles. The van der Waals surface area contributed by atoms with Crippen LogP contribution in [0.3, 0.4) is 0 Å². The molecular formula is C23H13Cl4F3N2O2. The van der Waals surface area contributed by atoms with Gasteiger partial charge in [0.1, 0.15) is 16.0 Å². The number of amides is 2. The van der Waals surface area contributed by atoms with Crippen LogP contribution in [-0.2, 0) is 4.79 Å². The van der Waals surface area contributed by atoms with Crippen LogP contribution in [0.4, 0.5) is 24.5 Å². The van der Waals surface area contributed by atoms with Gasteiger partial charge in [-0.25, -0.2) is 13.2 Å². The molecule has 34 heavy (non-hydrogen) atoms. The van der Waals surface area contributed by atoms with Gasteiger partial charge in [0.25, 0.3) is 5.91 Å². The molecular weight excluding hydrogens is 535 g/mol. The summed E-state index contributed by atoms with van der Waals surface area (Å²) in [6.45, 7) is 0. The van der Waals surface area contributed by atoms with Gasteiger partial charge in [0.05, 0.1) is 21.5 Å². The number of rotatable bonds is 5. The van der Waals surface area contributed by atoms with E-state index in [9.17, 15) is 22.8 Å². The van der Waals surface area contributed by atoms with Crippen molar-refractivity contribution in [2.45, 2.75) is 10.3 Å². The highest BCUT2D eigenvalue weighted by Crippen LogP contribution is 2.65. The van der Waals surface area contributed by atoms with E-state index < -0.39 is 56.0 Å². The Morgan fingerprint density at radius 1 is 0.824 bits per heavy atom. The summed E-state index contributed by atoms with van der Waals surface area (Å²) in [6.07, 6.45) is 0. The molecule has 2 N–H and O–H groups in total. The Labute approximate surface area is 211 Å². The van der Waals surface area contributed by atoms with Crippen molar-refractivity contribution in [1.29, 1.82) is 0 Å². The molecule has 0 bridgehead atoms. The first-order valence-corrected chi connectivity index (χ1v) is 11.2. The third-order valence-corrected chi connectivity index (χ3v) is 6.79. The van der Waals surface area contributed by atoms with Crippen molar-refractivity contribution in [3.63, 3.8) is 0 Å². The standard InChI is InChI=1S/C23H13Cl4F3N2O2/c24-15-7-10(1-6-17(15)29)18-19(23(18,26)27)22(34)32-13-8-14(20(30)16(25)9-13)21(33)31-12-4-2-11(28)3-5-12/h1-9,18-19H,(H,31,33)(H,32,34)/t18-,19+/m0/s1. The van der Waals surface area contributed by atoms with E-state index >= 15 is 0 Å². The summed E-state index contributed by atoms with van der Waals surface area (Å²) >= 11 is 24.3. The number of anilines is 2. The quantitative estimate of drug-likeness (QED) is 0.332. The Hall–Kier alpha value is -2.45. The van der Waals surface area contributed by atoms with Crippen molar-refractivity contribution in [2.75, 3.05) is 10.6 Å². The van der Waals surface area contributed by atoms with E-state index in [0.29, 0.717) is 5.56 Å². The molecule has 2 atom stereocenters. The van der Waals surface area contributed by atoms with Crippen molar-refractivity contribution >= 4 is 69.6 Å². The molecule has 0 saturated heterocycles. The predicted molar refractivity (Wildman–Crippen MR) is 126 cm³/mol. The summed E-state index contributed by atoms with van der Waals surface area (Å²) in [4.78, 5) is 25.4. The van der Waals surface area contributed by atoms with Crippen LogP contribution >= 0.6 is 46.4 Å². The van der Waals surface area contributed by atoms with Gasteiger partial charge in [-0.2, -0.15) is 0 Å². The largest absolute Gasteiger partial charge is 0.326 e. The first-order chi connectivity index (χ1) is 16.0. The molecule has 4 nitrogen and oxygen atoms in total. The van der Waals surface area contributed by atoms with E-state index in [2.05, 4.69) is 10.6 Å². The molecule has 1 fully saturated rings. The Morgan fingerprint density at radius 3 is 2.15 bits per heavy atom. The van der Waals surface area contributed by atoms with Gasteiger partial charge in [0.15, 0.2) is 5.82 Å². The second-order valence-corrected chi connectivity index (χ2v) is 9.83. The molecule has 2 amide bonds. The van der Waals surface area contributed by atoms with Crippen LogP contribution < -0.4 is 10.6 Å². The third-order valence-electron chi connectivity index (χ3n) is 5.28. The van der Waals surface area contributed by atoms with E-state index in [1.807, 2.05) is 0 Å². The fourth-order valence-electron chi connectivity index (χ4n) is 3.55. The lowest BCUT2D eigenvalue weighted by Gasteiger charge is -2.11. The van der Waals surface area contributed by atoms with Gasteiger partial charge in [-0.3, -0.25) is 9.59 Å². The van der Waals surface area contributed by atoms with Crippen molar-refractivity contribution in [2.24, 2.45) is 5.92 Å². The Bertz CT molecular complexity index is 1300. The van der Waals surface area contributed by atoms with Crippen molar-refractivity contribution in [3.05, 3.63) is 93.2 Å². The molecule has 4 rings (SSSR count). The van der Waals surface area contributed by atoms with E-state index in [4.69, 9.17) is 46.4 Å².